The van der Waals surface area contributed by atoms with Crippen molar-refractivity contribution in [3.8, 4) is 5.75 Å². The molecule has 0 N–H and O–H groups in total. The Kier molecular flexibility index (Phi) is 4.94. The molecule has 2 aromatic carbocycles. The third-order valence-corrected chi connectivity index (χ3v) is 3.54. The zero-order chi connectivity index (χ0) is 14.4. The van der Waals surface area contributed by atoms with Crippen LogP contribution in [0.15, 0.2) is 54.6 Å². The highest BCUT2D eigenvalue weighted by molar-refractivity contribution is 5.90. The van der Waals surface area contributed by atoms with E-state index in [-0.39, 0.29) is 5.97 Å². The van der Waals surface area contributed by atoms with E-state index < -0.39 is 0 Å². The van der Waals surface area contributed by atoms with Gasteiger partial charge in [0.1, 0.15) is 5.75 Å². The predicted octanol–water partition coefficient (Wildman–Crippen LogP) is 4.81. The zero-order valence-corrected chi connectivity index (χ0v) is 12.0. The number of benzene rings is 2. The minimum Gasteiger partial charge on any atom is -0.423 e. The van der Waals surface area contributed by atoms with Gasteiger partial charge in [-0.1, -0.05) is 44.2 Å². The molecule has 0 aliphatic rings. The molecule has 2 aromatic rings. The predicted molar refractivity (Wildman–Crippen MR) is 81.2 cm³/mol. The summed E-state index contributed by atoms with van der Waals surface area (Å²) in [5, 5.41) is 0. The summed E-state index contributed by atoms with van der Waals surface area (Å²) in [7, 11) is 0. The van der Waals surface area contributed by atoms with Gasteiger partial charge in [0.2, 0.25) is 0 Å². The maximum absolute atomic E-state index is 12.0. The Hall–Kier alpha value is -2.09. The quantitative estimate of drug-likeness (QED) is 0.574. The molecule has 0 atom stereocenters. The Bertz CT molecular complexity index is 557. The minimum absolute atomic E-state index is 0.313. The molecule has 0 saturated carbocycles. The number of carbonyl (C=O) groups is 1. The van der Waals surface area contributed by atoms with Crippen LogP contribution in [0.4, 0.5) is 0 Å². The summed E-state index contributed by atoms with van der Waals surface area (Å²) < 4.78 is 5.44. The van der Waals surface area contributed by atoms with Crippen molar-refractivity contribution in [2.45, 2.75) is 32.6 Å². The van der Waals surface area contributed by atoms with Crippen molar-refractivity contribution in [3.63, 3.8) is 0 Å². The van der Waals surface area contributed by atoms with Gasteiger partial charge >= 0.3 is 5.97 Å². The lowest BCUT2D eigenvalue weighted by Crippen LogP contribution is -2.08. The Morgan fingerprint density at radius 1 is 1.00 bits per heavy atom. The van der Waals surface area contributed by atoms with E-state index in [1.54, 1.807) is 12.1 Å². The number of hydrogen-bond acceptors (Lipinski definition) is 2. The van der Waals surface area contributed by atoms with E-state index >= 15 is 0 Å². The second-order valence-corrected chi connectivity index (χ2v) is 4.84. The van der Waals surface area contributed by atoms with Crippen LogP contribution in [-0.2, 0) is 0 Å². The fraction of sp³-hybridized carbons (Fsp3) is 0.278. The van der Waals surface area contributed by atoms with Gasteiger partial charge in [-0.3, -0.25) is 0 Å². The lowest BCUT2D eigenvalue weighted by Gasteiger charge is -2.13. The SMILES string of the molecule is CCC(CC)c1cccc(OC(=O)c2ccccc2)c1. The largest absolute Gasteiger partial charge is 0.423 e. The molecule has 2 rings (SSSR count). The molecule has 0 bridgehead atoms. The van der Waals surface area contributed by atoms with Crippen molar-refractivity contribution in [1.82, 2.24) is 0 Å². The van der Waals surface area contributed by atoms with E-state index in [2.05, 4.69) is 19.9 Å². The first-order chi connectivity index (χ1) is 9.74. The molecule has 2 nitrogen and oxygen atoms in total. The van der Waals surface area contributed by atoms with Gasteiger partial charge in [0.15, 0.2) is 0 Å². The zero-order valence-electron chi connectivity index (χ0n) is 12.0. The summed E-state index contributed by atoms with van der Waals surface area (Å²) in [6.45, 7) is 4.35. The average molecular weight is 268 g/mol. The van der Waals surface area contributed by atoms with Crippen molar-refractivity contribution in [1.29, 1.82) is 0 Å². The summed E-state index contributed by atoms with van der Waals surface area (Å²) >= 11 is 0. The molecule has 0 aliphatic heterocycles. The van der Waals surface area contributed by atoms with E-state index in [1.807, 2.05) is 36.4 Å². The van der Waals surface area contributed by atoms with Gasteiger partial charge in [0.25, 0.3) is 0 Å². The summed E-state index contributed by atoms with van der Waals surface area (Å²) in [6, 6.07) is 16.9. The third kappa shape index (κ3) is 3.47. The van der Waals surface area contributed by atoms with Crippen LogP contribution in [0.25, 0.3) is 0 Å². The smallest absolute Gasteiger partial charge is 0.343 e. The van der Waals surface area contributed by atoms with Crippen LogP contribution in [0.1, 0.15) is 48.5 Å². The van der Waals surface area contributed by atoms with Crippen LogP contribution in [0, 0.1) is 0 Å². The van der Waals surface area contributed by atoms with E-state index in [0.29, 0.717) is 17.2 Å². The molecule has 0 saturated heterocycles. The monoisotopic (exact) mass is 268 g/mol. The molecule has 0 amide bonds. The maximum Gasteiger partial charge on any atom is 0.343 e. The van der Waals surface area contributed by atoms with E-state index in [0.717, 1.165) is 12.8 Å². The fourth-order valence-corrected chi connectivity index (χ4v) is 2.33. The summed E-state index contributed by atoms with van der Waals surface area (Å²) in [4.78, 5) is 12.0. The number of rotatable bonds is 5. The number of hydrogen-bond donors (Lipinski definition) is 0. The van der Waals surface area contributed by atoms with Crippen molar-refractivity contribution in [2.75, 3.05) is 0 Å². The van der Waals surface area contributed by atoms with Gasteiger partial charge in [-0.05, 0) is 48.6 Å². The van der Waals surface area contributed by atoms with Gasteiger partial charge in [0, 0.05) is 0 Å². The van der Waals surface area contributed by atoms with E-state index in [4.69, 9.17) is 4.74 Å². The molecular formula is C18H20O2. The van der Waals surface area contributed by atoms with Gasteiger partial charge in [-0.25, -0.2) is 4.79 Å². The standard InChI is InChI=1S/C18H20O2/c1-3-14(4-2)16-11-8-12-17(13-16)20-18(19)15-9-6-5-7-10-15/h5-14H,3-4H2,1-2H3. The highest BCUT2D eigenvalue weighted by Crippen LogP contribution is 2.26. The molecule has 2 heteroatoms. The Labute approximate surface area is 120 Å². The fourth-order valence-electron chi connectivity index (χ4n) is 2.33. The Morgan fingerprint density at radius 3 is 2.35 bits per heavy atom. The Morgan fingerprint density at radius 2 is 1.70 bits per heavy atom. The highest BCUT2D eigenvalue weighted by Gasteiger charge is 2.11. The first kappa shape index (κ1) is 14.3. The average Bonchev–Trinajstić information content (AvgIpc) is 2.50. The topological polar surface area (TPSA) is 26.3 Å². The van der Waals surface area contributed by atoms with Crippen LogP contribution >= 0.6 is 0 Å². The summed E-state index contributed by atoms with van der Waals surface area (Å²) in [5.74, 6) is 0.820. The molecule has 0 spiro atoms. The number of carbonyl (C=O) groups excluding carboxylic acids is 1. The first-order valence-electron chi connectivity index (χ1n) is 7.11. The molecule has 0 radical (unpaired) electrons. The van der Waals surface area contributed by atoms with Gasteiger partial charge in [0.05, 0.1) is 5.56 Å². The second-order valence-electron chi connectivity index (χ2n) is 4.84. The number of esters is 1. The number of ether oxygens (including phenoxy) is 1. The molecule has 20 heavy (non-hydrogen) atoms. The molecule has 0 aromatic heterocycles. The lowest BCUT2D eigenvalue weighted by atomic mass is 9.94. The molecule has 0 aliphatic carbocycles. The van der Waals surface area contributed by atoms with Gasteiger partial charge in [-0.2, -0.15) is 0 Å². The van der Waals surface area contributed by atoms with Crippen LogP contribution in [0.5, 0.6) is 5.75 Å². The first-order valence-corrected chi connectivity index (χ1v) is 7.11. The van der Waals surface area contributed by atoms with Crippen LogP contribution in [0.3, 0.4) is 0 Å². The van der Waals surface area contributed by atoms with Crippen molar-refractivity contribution in [3.05, 3.63) is 65.7 Å². The van der Waals surface area contributed by atoms with Gasteiger partial charge < -0.3 is 4.74 Å². The molecular weight excluding hydrogens is 248 g/mol. The molecule has 0 unspecified atom stereocenters. The maximum atomic E-state index is 12.0. The van der Waals surface area contributed by atoms with Crippen molar-refractivity contribution >= 4 is 5.97 Å². The van der Waals surface area contributed by atoms with Gasteiger partial charge in [-0.15, -0.1) is 0 Å². The van der Waals surface area contributed by atoms with Crippen LogP contribution < -0.4 is 4.74 Å². The highest BCUT2D eigenvalue weighted by atomic mass is 16.5. The second kappa shape index (κ2) is 6.90. The summed E-state index contributed by atoms with van der Waals surface area (Å²) in [5.41, 5.74) is 1.80. The van der Waals surface area contributed by atoms with Crippen molar-refractivity contribution in [2.24, 2.45) is 0 Å². The summed E-state index contributed by atoms with van der Waals surface area (Å²) in [6.07, 6.45) is 2.18. The van der Waals surface area contributed by atoms with Crippen molar-refractivity contribution < 1.29 is 9.53 Å². The normalized spacial score (nSPS) is 10.6. The Balaban J connectivity index is 2.14. The molecule has 0 fully saturated rings. The third-order valence-electron chi connectivity index (χ3n) is 3.54. The molecule has 0 heterocycles. The minimum atomic E-state index is -0.313. The van der Waals surface area contributed by atoms with Crippen LogP contribution in [0.2, 0.25) is 0 Å². The molecule has 104 valence electrons. The van der Waals surface area contributed by atoms with Crippen LogP contribution in [-0.4, -0.2) is 5.97 Å². The van der Waals surface area contributed by atoms with E-state index in [9.17, 15) is 4.79 Å². The lowest BCUT2D eigenvalue weighted by molar-refractivity contribution is 0.0734. The van der Waals surface area contributed by atoms with E-state index in [1.165, 1.54) is 5.56 Å².